The lowest BCUT2D eigenvalue weighted by Crippen LogP contribution is -2.43. The van der Waals surface area contributed by atoms with Crippen LogP contribution in [-0.2, 0) is 4.79 Å². The zero-order chi connectivity index (χ0) is 18.5. The molecule has 0 saturated heterocycles. The fourth-order valence-corrected chi connectivity index (χ4v) is 3.13. The van der Waals surface area contributed by atoms with Crippen molar-refractivity contribution in [2.24, 2.45) is 5.73 Å². The minimum absolute atomic E-state index is 0. The molecule has 2 aromatic carbocycles. The molecular weight excluding hydrogens is 374 g/mol. The fourth-order valence-electron chi connectivity index (χ4n) is 3.13. The first kappa shape index (κ1) is 21.1. The quantitative estimate of drug-likeness (QED) is 0.805. The number of nitrogens with one attached hydrogen (secondary N) is 1. The summed E-state index contributed by atoms with van der Waals surface area (Å²) in [7, 11) is 0. The highest BCUT2D eigenvalue weighted by Gasteiger charge is 2.27. The van der Waals surface area contributed by atoms with Crippen LogP contribution in [0.15, 0.2) is 48.5 Å². The van der Waals surface area contributed by atoms with Gasteiger partial charge in [-0.05, 0) is 37.8 Å². The highest BCUT2D eigenvalue weighted by Crippen LogP contribution is 2.25. The van der Waals surface area contributed by atoms with Crippen LogP contribution in [0.2, 0.25) is 0 Å². The minimum Gasteiger partial charge on any atom is -0.476 e. The molecule has 7 heteroatoms. The maximum atomic E-state index is 13.5. The molecule has 146 valence electrons. The lowest BCUT2D eigenvalue weighted by atomic mass is 9.91. The van der Waals surface area contributed by atoms with Crippen LogP contribution in [0.3, 0.4) is 0 Å². The van der Waals surface area contributed by atoms with E-state index in [4.69, 9.17) is 10.5 Å². The van der Waals surface area contributed by atoms with Gasteiger partial charge in [0.2, 0.25) is 6.10 Å². The molecule has 0 bridgehead atoms. The second-order valence-corrected chi connectivity index (χ2v) is 6.60. The Labute approximate surface area is 163 Å². The Bertz CT molecular complexity index is 753. The predicted molar refractivity (Wildman–Crippen MR) is 102 cm³/mol. The fraction of sp³-hybridized carbons (Fsp3) is 0.350. The summed E-state index contributed by atoms with van der Waals surface area (Å²) in [5, 5.41) is 3.00. The number of hydrogen-bond acceptors (Lipinski definition) is 3. The van der Waals surface area contributed by atoms with E-state index in [1.54, 1.807) is 24.3 Å². The Balaban J connectivity index is 0.00000261. The molecule has 1 aliphatic rings. The van der Waals surface area contributed by atoms with Crippen LogP contribution in [0.25, 0.3) is 0 Å². The van der Waals surface area contributed by atoms with Gasteiger partial charge in [0, 0.05) is 23.7 Å². The SMILES string of the molecule is Cl.NC1CCC(NC(=O)C(Oc2ccc(F)c(F)c2)c2ccccc2)CC1. The summed E-state index contributed by atoms with van der Waals surface area (Å²) in [4.78, 5) is 12.8. The van der Waals surface area contributed by atoms with E-state index < -0.39 is 17.7 Å². The maximum absolute atomic E-state index is 13.5. The van der Waals surface area contributed by atoms with Crippen molar-refractivity contribution in [2.75, 3.05) is 0 Å². The van der Waals surface area contributed by atoms with Crippen LogP contribution in [0, 0.1) is 11.6 Å². The van der Waals surface area contributed by atoms with Crippen LogP contribution in [-0.4, -0.2) is 18.0 Å². The van der Waals surface area contributed by atoms with Gasteiger partial charge in [0.1, 0.15) is 5.75 Å². The van der Waals surface area contributed by atoms with Crippen LogP contribution in [0.1, 0.15) is 37.4 Å². The van der Waals surface area contributed by atoms with Gasteiger partial charge in [-0.15, -0.1) is 12.4 Å². The van der Waals surface area contributed by atoms with Crippen LogP contribution in [0.5, 0.6) is 5.75 Å². The zero-order valence-electron chi connectivity index (χ0n) is 14.7. The Morgan fingerprint density at radius 2 is 1.70 bits per heavy atom. The molecule has 0 aliphatic heterocycles. The summed E-state index contributed by atoms with van der Waals surface area (Å²) in [5.41, 5.74) is 6.54. The molecule has 0 heterocycles. The second kappa shape index (κ2) is 9.67. The van der Waals surface area contributed by atoms with E-state index in [-0.39, 0.29) is 36.1 Å². The lowest BCUT2D eigenvalue weighted by molar-refractivity contribution is -0.129. The summed E-state index contributed by atoms with van der Waals surface area (Å²) in [5.74, 6) is -2.19. The van der Waals surface area contributed by atoms with Gasteiger partial charge >= 0.3 is 0 Å². The molecular formula is C20H23ClF2N2O2. The molecule has 27 heavy (non-hydrogen) atoms. The van der Waals surface area contributed by atoms with Gasteiger partial charge in [0.15, 0.2) is 11.6 Å². The van der Waals surface area contributed by atoms with Crippen molar-refractivity contribution in [1.29, 1.82) is 0 Å². The molecule has 1 amide bonds. The Morgan fingerprint density at radius 3 is 2.33 bits per heavy atom. The molecule has 3 N–H and O–H groups in total. The highest BCUT2D eigenvalue weighted by molar-refractivity contribution is 5.85. The molecule has 1 saturated carbocycles. The summed E-state index contributed by atoms with van der Waals surface area (Å²) in [6.45, 7) is 0. The first-order valence-electron chi connectivity index (χ1n) is 8.75. The van der Waals surface area contributed by atoms with E-state index in [1.807, 2.05) is 6.07 Å². The normalized spacial score (nSPS) is 20.3. The smallest absolute Gasteiger partial charge is 0.266 e. The van der Waals surface area contributed by atoms with Crippen molar-refractivity contribution in [3.8, 4) is 5.75 Å². The third-order valence-electron chi connectivity index (χ3n) is 4.60. The Hall–Kier alpha value is -2.18. The van der Waals surface area contributed by atoms with Crippen molar-refractivity contribution in [3.05, 3.63) is 65.7 Å². The third-order valence-corrected chi connectivity index (χ3v) is 4.60. The maximum Gasteiger partial charge on any atom is 0.266 e. The predicted octanol–water partition coefficient (Wildman–Crippen LogP) is 3.89. The molecule has 1 atom stereocenters. The van der Waals surface area contributed by atoms with Crippen LogP contribution >= 0.6 is 12.4 Å². The molecule has 0 spiro atoms. The molecule has 4 nitrogen and oxygen atoms in total. The number of ether oxygens (including phenoxy) is 1. The van der Waals surface area contributed by atoms with Gasteiger partial charge < -0.3 is 15.8 Å². The number of carbonyl (C=O) groups excluding carboxylic acids is 1. The van der Waals surface area contributed by atoms with Gasteiger partial charge in [0.25, 0.3) is 5.91 Å². The first-order chi connectivity index (χ1) is 12.5. The van der Waals surface area contributed by atoms with E-state index in [9.17, 15) is 13.6 Å². The van der Waals surface area contributed by atoms with Crippen LogP contribution in [0.4, 0.5) is 8.78 Å². The average molecular weight is 397 g/mol. The molecule has 3 rings (SSSR count). The molecule has 0 radical (unpaired) electrons. The first-order valence-corrected chi connectivity index (χ1v) is 8.75. The number of amides is 1. The van der Waals surface area contributed by atoms with Crippen molar-refractivity contribution in [3.63, 3.8) is 0 Å². The van der Waals surface area contributed by atoms with E-state index >= 15 is 0 Å². The average Bonchev–Trinajstić information content (AvgIpc) is 2.65. The highest BCUT2D eigenvalue weighted by atomic mass is 35.5. The van der Waals surface area contributed by atoms with E-state index in [0.717, 1.165) is 37.8 Å². The zero-order valence-corrected chi connectivity index (χ0v) is 15.6. The molecule has 1 unspecified atom stereocenters. The summed E-state index contributed by atoms with van der Waals surface area (Å²) >= 11 is 0. The number of halogens is 3. The standard InChI is InChI=1S/C20H22F2N2O2.ClH/c21-17-11-10-16(12-18(17)22)26-19(13-4-2-1-3-5-13)20(25)24-15-8-6-14(23)7-9-15;/h1-5,10-12,14-15,19H,6-9,23H2,(H,24,25);1H. The molecule has 1 fully saturated rings. The molecule has 0 aromatic heterocycles. The van der Waals surface area contributed by atoms with E-state index in [2.05, 4.69) is 5.32 Å². The number of nitrogens with two attached hydrogens (primary N) is 1. The topological polar surface area (TPSA) is 64.3 Å². The number of benzene rings is 2. The van der Waals surface area contributed by atoms with Crippen molar-refractivity contribution < 1.29 is 18.3 Å². The number of carbonyl (C=O) groups is 1. The number of hydrogen-bond donors (Lipinski definition) is 2. The Kier molecular flexibility index (Phi) is 7.56. The monoisotopic (exact) mass is 396 g/mol. The second-order valence-electron chi connectivity index (χ2n) is 6.60. The van der Waals surface area contributed by atoms with Crippen molar-refractivity contribution in [2.45, 2.75) is 43.9 Å². The summed E-state index contributed by atoms with van der Waals surface area (Å²) < 4.78 is 32.3. The van der Waals surface area contributed by atoms with Crippen molar-refractivity contribution >= 4 is 18.3 Å². The van der Waals surface area contributed by atoms with Crippen LogP contribution < -0.4 is 15.8 Å². The Morgan fingerprint density at radius 1 is 1.04 bits per heavy atom. The van der Waals surface area contributed by atoms with E-state index in [0.29, 0.717) is 5.56 Å². The minimum atomic E-state index is -1.02. The van der Waals surface area contributed by atoms with Gasteiger partial charge in [-0.1, -0.05) is 30.3 Å². The third kappa shape index (κ3) is 5.65. The molecule has 1 aliphatic carbocycles. The largest absolute Gasteiger partial charge is 0.476 e. The van der Waals surface area contributed by atoms with Gasteiger partial charge in [0.05, 0.1) is 0 Å². The summed E-state index contributed by atoms with van der Waals surface area (Å²) in [6, 6.07) is 12.4. The lowest BCUT2D eigenvalue weighted by Gasteiger charge is -2.28. The van der Waals surface area contributed by atoms with Gasteiger partial charge in [-0.25, -0.2) is 8.78 Å². The van der Waals surface area contributed by atoms with E-state index in [1.165, 1.54) is 6.07 Å². The molecule has 2 aromatic rings. The van der Waals surface area contributed by atoms with Gasteiger partial charge in [-0.3, -0.25) is 4.79 Å². The van der Waals surface area contributed by atoms with Crippen molar-refractivity contribution in [1.82, 2.24) is 5.32 Å². The number of rotatable bonds is 5. The summed E-state index contributed by atoms with van der Waals surface area (Å²) in [6.07, 6.45) is 2.42. The van der Waals surface area contributed by atoms with Gasteiger partial charge in [-0.2, -0.15) is 0 Å².